The zero-order chi connectivity index (χ0) is 39.0. The molecule has 7 aromatic rings. The molecule has 0 spiro atoms. The van der Waals surface area contributed by atoms with E-state index in [-0.39, 0.29) is 12.1 Å². The van der Waals surface area contributed by atoms with Crippen molar-refractivity contribution in [1.29, 1.82) is 0 Å². The molecule has 0 fully saturated rings. The van der Waals surface area contributed by atoms with Crippen molar-refractivity contribution < 1.29 is 0 Å². The number of hydrogen-bond donors (Lipinski definition) is 0. The molecule has 2 atom stereocenters. The van der Waals surface area contributed by atoms with Gasteiger partial charge in [0.15, 0.2) is 0 Å². The molecular formula is C53H51N3. The second kappa shape index (κ2) is 17.4. The molecule has 0 amide bonds. The van der Waals surface area contributed by atoms with Crippen molar-refractivity contribution in [2.75, 3.05) is 7.05 Å². The smallest absolute Gasteiger partial charge is 0.127 e. The van der Waals surface area contributed by atoms with E-state index in [9.17, 15) is 0 Å². The number of rotatable bonds is 12. The Morgan fingerprint density at radius 3 is 2.07 bits per heavy atom. The van der Waals surface area contributed by atoms with Gasteiger partial charge in [-0.05, 0) is 125 Å². The zero-order valence-corrected chi connectivity index (χ0v) is 33.4. The van der Waals surface area contributed by atoms with Crippen LogP contribution in [0, 0.1) is 0 Å². The fourth-order valence-corrected chi connectivity index (χ4v) is 7.79. The molecule has 7 rings (SSSR count). The SMILES string of the molecule is C\C=C/C=C(\C=C/C)C(C)N=C(/C(C)=C/C(=C\Cc1cc2ccc3cccc4ccc(c1)c2c34)c1ccccc1-c1ccccn1)N(C)C(C)c1ccccc1. The van der Waals surface area contributed by atoms with Crippen LogP contribution in [0.1, 0.15) is 57.4 Å². The Labute approximate surface area is 332 Å². The van der Waals surface area contributed by atoms with Crippen molar-refractivity contribution in [1.82, 2.24) is 9.88 Å². The maximum Gasteiger partial charge on any atom is 0.127 e. The molecule has 0 radical (unpaired) electrons. The van der Waals surface area contributed by atoms with Gasteiger partial charge in [-0.1, -0.05) is 152 Å². The molecule has 2 unspecified atom stereocenters. The molecule has 1 heterocycles. The van der Waals surface area contributed by atoms with Crippen LogP contribution in [-0.4, -0.2) is 28.8 Å². The van der Waals surface area contributed by atoms with E-state index in [2.05, 4.69) is 204 Å². The van der Waals surface area contributed by atoms with Crippen LogP contribution in [0.3, 0.4) is 0 Å². The van der Waals surface area contributed by atoms with Crippen LogP contribution in [0.2, 0.25) is 0 Å². The summed E-state index contributed by atoms with van der Waals surface area (Å²) in [4.78, 5) is 12.6. The molecule has 0 bridgehead atoms. The standard InChI is InChI=1S/C53H51N3/c1-7-9-19-41(18-8-2)38(4)55-53(56(6)39(5)42-20-11-10-12-21-42)37(3)34-45(48-24-13-14-25-49(48)50-26-15-16-33-54-50)28-27-40-35-46-31-29-43-22-17-23-44-30-32-47(36-40)52(46)51(43)44/h7-26,28-36,38-39H,27H2,1-6H3/b9-7-,18-8-,37-34+,41-19+,45-28+,55-53?. The minimum absolute atomic E-state index is 0.0707. The fourth-order valence-electron chi connectivity index (χ4n) is 7.79. The Morgan fingerprint density at radius 2 is 1.39 bits per heavy atom. The highest BCUT2D eigenvalue weighted by molar-refractivity contribution is 6.23. The summed E-state index contributed by atoms with van der Waals surface area (Å²) in [6, 6.07) is 45.9. The summed E-state index contributed by atoms with van der Waals surface area (Å²) in [6.07, 6.45) is 17.9. The van der Waals surface area contributed by atoms with Gasteiger partial charge in [-0.15, -0.1) is 0 Å². The number of pyridine rings is 1. The van der Waals surface area contributed by atoms with Crippen LogP contribution in [0.5, 0.6) is 0 Å². The van der Waals surface area contributed by atoms with Gasteiger partial charge in [0.05, 0.1) is 17.8 Å². The molecule has 56 heavy (non-hydrogen) atoms. The van der Waals surface area contributed by atoms with Gasteiger partial charge in [-0.25, -0.2) is 0 Å². The lowest BCUT2D eigenvalue weighted by molar-refractivity contribution is 0.400. The summed E-state index contributed by atoms with van der Waals surface area (Å²) in [5, 5.41) is 7.82. The van der Waals surface area contributed by atoms with Crippen LogP contribution in [-0.2, 0) is 6.42 Å². The van der Waals surface area contributed by atoms with Gasteiger partial charge in [0.1, 0.15) is 5.84 Å². The molecule has 278 valence electrons. The lowest BCUT2D eigenvalue weighted by Gasteiger charge is -2.30. The normalized spacial score (nSPS) is 14.5. The Hall–Kier alpha value is -6.32. The van der Waals surface area contributed by atoms with Crippen LogP contribution in [0.4, 0.5) is 0 Å². The van der Waals surface area contributed by atoms with Gasteiger partial charge in [0.25, 0.3) is 0 Å². The number of hydrogen-bond acceptors (Lipinski definition) is 2. The Bertz CT molecular complexity index is 2560. The third-order valence-electron chi connectivity index (χ3n) is 10.8. The van der Waals surface area contributed by atoms with Crippen molar-refractivity contribution in [2.24, 2.45) is 4.99 Å². The lowest BCUT2D eigenvalue weighted by atomic mass is 9.91. The topological polar surface area (TPSA) is 28.5 Å². The van der Waals surface area contributed by atoms with Crippen molar-refractivity contribution in [3.05, 3.63) is 204 Å². The molecule has 0 aliphatic rings. The average molecular weight is 730 g/mol. The molecule has 0 N–H and O–H groups in total. The summed E-state index contributed by atoms with van der Waals surface area (Å²) >= 11 is 0. The quantitative estimate of drug-likeness (QED) is 0.0542. The predicted octanol–water partition coefficient (Wildman–Crippen LogP) is 13.8. The van der Waals surface area contributed by atoms with Crippen LogP contribution in [0.25, 0.3) is 49.1 Å². The molecule has 1 aromatic heterocycles. The monoisotopic (exact) mass is 729 g/mol. The maximum atomic E-state index is 5.50. The van der Waals surface area contributed by atoms with Crippen LogP contribution >= 0.6 is 0 Å². The number of aliphatic imine (C=N–C) groups is 1. The Balaban J connectivity index is 1.37. The first-order valence-corrected chi connectivity index (χ1v) is 19.7. The first-order chi connectivity index (χ1) is 27.4. The number of likely N-dealkylation sites (N-methyl/N-ethyl adjacent to an activating group) is 1. The van der Waals surface area contributed by atoms with Crippen molar-refractivity contribution >= 4 is 43.7 Å². The van der Waals surface area contributed by atoms with Crippen molar-refractivity contribution in [2.45, 2.75) is 53.1 Å². The number of benzene rings is 6. The van der Waals surface area contributed by atoms with Gasteiger partial charge >= 0.3 is 0 Å². The highest BCUT2D eigenvalue weighted by Gasteiger charge is 2.20. The van der Waals surface area contributed by atoms with Crippen molar-refractivity contribution in [3.63, 3.8) is 0 Å². The minimum atomic E-state index is -0.0707. The average Bonchev–Trinajstić information content (AvgIpc) is 3.24. The van der Waals surface area contributed by atoms with Gasteiger partial charge in [-0.3, -0.25) is 9.98 Å². The van der Waals surface area contributed by atoms with E-state index in [4.69, 9.17) is 9.98 Å². The third kappa shape index (κ3) is 8.18. The zero-order valence-electron chi connectivity index (χ0n) is 33.4. The number of nitrogens with zero attached hydrogens (tertiary/aromatic N) is 3. The van der Waals surface area contributed by atoms with Gasteiger partial charge < -0.3 is 4.90 Å². The van der Waals surface area contributed by atoms with E-state index in [1.165, 1.54) is 43.4 Å². The van der Waals surface area contributed by atoms with Gasteiger partial charge in [0, 0.05) is 18.8 Å². The fraction of sp³-hybridized carbons (Fsp3) is 0.170. The molecular weight excluding hydrogens is 679 g/mol. The molecule has 3 nitrogen and oxygen atoms in total. The summed E-state index contributed by atoms with van der Waals surface area (Å²) in [6.45, 7) is 10.8. The third-order valence-corrected chi connectivity index (χ3v) is 10.8. The number of amidine groups is 1. The molecule has 0 aliphatic carbocycles. The predicted molar refractivity (Wildman–Crippen MR) is 242 cm³/mol. The lowest BCUT2D eigenvalue weighted by Crippen LogP contribution is -2.32. The highest BCUT2D eigenvalue weighted by atomic mass is 15.2. The molecule has 3 heteroatoms. The van der Waals surface area contributed by atoms with E-state index in [0.717, 1.165) is 45.8 Å². The number of aromatic nitrogens is 1. The largest absolute Gasteiger partial charge is 0.353 e. The molecule has 0 aliphatic heterocycles. The summed E-state index contributed by atoms with van der Waals surface area (Å²) in [5.41, 5.74) is 9.08. The first-order valence-electron chi connectivity index (χ1n) is 19.7. The van der Waals surface area contributed by atoms with Crippen molar-refractivity contribution in [3.8, 4) is 11.3 Å². The highest BCUT2D eigenvalue weighted by Crippen LogP contribution is 2.36. The summed E-state index contributed by atoms with van der Waals surface area (Å²) < 4.78 is 0. The van der Waals surface area contributed by atoms with E-state index >= 15 is 0 Å². The maximum absolute atomic E-state index is 5.50. The van der Waals surface area contributed by atoms with Crippen LogP contribution < -0.4 is 0 Å². The van der Waals surface area contributed by atoms with Crippen LogP contribution in [0.15, 0.2) is 192 Å². The molecule has 0 saturated heterocycles. The Morgan fingerprint density at radius 1 is 0.732 bits per heavy atom. The summed E-state index contributed by atoms with van der Waals surface area (Å²) in [7, 11) is 2.17. The molecule has 0 saturated carbocycles. The Kier molecular flexibility index (Phi) is 11.8. The summed E-state index contributed by atoms with van der Waals surface area (Å²) in [5.74, 6) is 0.953. The first kappa shape index (κ1) is 38.0. The second-order valence-corrected chi connectivity index (χ2v) is 14.6. The van der Waals surface area contributed by atoms with Gasteiger partial charge in [-0.2, -0.15) is 0 Å². The van der Waals surface area contributed by atoms with E-state index in [0.29, 0.717) is 0 Å². The van der Waals surface area contributed by atoms with E-state index in [1.807, 2.05) is 19.2 Å². The van der Waals surface area contributed by atoms with Gasteiger partial charge in [0.2, 0.25) is 0 Å². The minimum Gasteiger partial charge on any atom is -0.353 e. The van der Waals surface area contributed by atoms with E-state index < -0.39 is 0 Å². The second-order valence-electron chi connectivity index (χ2n) is 14.6. The molecule has 6 aromatic carbocycles. The number of allylic oxidation sites excluding steroid dienone is 7. The van der Waals surface area contributed by atoms with E-state index in [1.54, 1.807) is 0 Å².